The summed E-state index contributed by atoms with van der Waals surface area (Å²) in [5.41, 5.74) is 6.12. The summed E-state index contributed by atoms with van der Waals surface area (Å²) in [6, 6.07) is 0. The van der Waals surface area contributed by atoms with Crippen molar-refractivity contribution in [3.8, 4) is 0 Å². The van der Waals surface area contributed by atoms with Crippen LogP contribution in [0.5, 0.6) is 0 Å². The van der Waals surface area contributed by atoms with Gasteiger partial charge >= 0.3 is 0 Å². The van der Waals surface area contributed by atoms with Crippen LogP contribution in [0.4, 0.5) is 0 Å². The van der Waals surface area contributed by atoms with Crippen molar-refractivity contribution in [2.75, 3.05) is 13.2 Å². The number of hydrogen-bond donors (Lipinski definition) is 2. The van der Waals surface area contributed by atoms with E-state index in [1.807, 2.05) is 0 Å². The van der Waals surface area contributed by atoms with Crippen molar-refractivity contribution < 1.29 is 14.7 Å². The van der Waals surface area contributed by atoms with Crippen LogP contribution in [0.2, 0.25) is 0 Å². The van der Waals surface area contributed by atoms with Crippen molar-refractivity contribution in [2.45, 2.75) is 77.2 Å². The van der Waals surface area contributed by atoms with Crippen molar-refractivity contribution in [3.63, 3.8) is 0 Å². The third-order valence-corrected chi connectivity index (χ3v) is 9.00. The van der Waals surface area contributed by atoms with Crippen LogP contribution in [0.3, 0.4) is 0 Å². The largest absolute Gasteiger partial charge is 0.396 e. The molecule has 0 radical (unpaired) electrons. The number of carbonyl (C=O) groups excluding carboxylic acids is 1. The van der Waals surface area contributed by atoms with Crippen LogP contribution in [0.15, 0.2) is 17.3 Å². The molecule has 0 aromatic carbocycles. The lowest BCUT2D eigenvalue weighted by atomic mass is 9.43. The molecular formula is C23H36N2O3. The predicted octanol–water partition coefficient (Wildman–Crippen LogP) is 3.60. The van der Waals surface area contributed by atoms with E-state index in [0.717, 1.165) is 62.7 Å². The highest BCUT2D eigenvalue weighted by Crippen LogP contribution is 2.67. The summed E-state index contributed by atoms with van der Waals surface area (Å²) in [6.45, 7) is 9.93. The van der Waals surface area contributed by atoms with Gasteiger partial charge in [-0.25, -0.2) is 0 Å². The number of oxime groups is 1. The van der Waals surface area contributed by atoms with Gasteiger partial charge in [0.2, 0.25) is 0 Å². The van der Waals surface area contributed by atoms with E-state index >= 15 is 0 Å². The number of rotatable bonds is 4. The van der Waals surface area contributed by atoms with E-state index < -0.39 is 5.60 Å². The molecular weight excluding hydrogens is 352 g/mol. The Kier molecular flexibility index (Phi) is 4.98. The Bertz CT molecular complexity index is 704. The number of nitrogens with zero attached hydrogens (tertiary/aromatic N) is 1. The van der Waals surface area contributed by atoms with Gasteiger partial charge in [0, 0.05) is 23.7 Å². The monoisotopic (exact) mass is 388 g/mol. The fourth-order valence-corrected chi connectivity index (χ4v) is 7.17. The summed E-state index contributed by atoms with van der Waals surface area (Å²) in [6.07, 6.45) is 7.66. The minimum Gasteiger partial charge on any atom is -0.396 e. The summed E-state index contributed by atoms with van der Waals surface area (Å²) in [4.78, 5) is 18.0. The van der Waals surface area contributed by atoms with E-state index in [-0.39, 0.29) is 10.8 Å². The Balaban J connectivity index is 1.58. The maximum Gasteiger partial charge on any atom is 0.139 e. The molecule has 156 valence electrons. The zero-order valence-corrected chi connectivity index (χ0v) is 17.5. The van der Waals surface area contributed by atoms with Crippen LogP contribution in [0.1, 0.15) is 71.6 Å². The second kappa shape index (κ2) is 6.94. The highest BCUT2D eigenvalue weighted by atomic mass is 16.6. The third-order valence-electron chi connectivity index (χ3n) is 9.00. The van der Waals surface area contributed by atoms with E-state index in [2.05, 4.69) is 25.6 Å². The first-order valence-electron chi connectivity index (χ1n) is 11.1. The van der Waals surface area contributed by atoms with Gasteiger partial charge in [0.05, 0.1) is 11.3 Å². The SMILES string of the molecule is C=C1C[C@H]2[C@@H]3CCC(=O)[C@@]3(C)CC[C@@H]2[C@@]2(C)CCC(=NOCCCN)C[C@]12O. The van der Waals surface area contributed by atoms with Crippen molar-refractivity contribution in [2.24, 2.45) is 39.5 Å². The molecule has 4 aliphatic carbocycles. The van der Waals surface area contributed by atoms with E-state index in [1.54, 1.807) is 0 Å². The van der Waals surface area contributed by atoms with Gasteiger partial charge in [-0.1, -0.05) is 25.6 Å². The molecule has 5 nitrogen and oxygen atoms in total. The molecule has 0 saturated heterocycles. The Morgan fingerprint density at radius 3 is 2.79 bits per heavy atom. The zero-order valence-electron chi connectivity index (χ0n) is 17.5. The van der Waals surface area contributed by atoms with E-state index in [4.69, 9.17) is 10.6 Å². The van der Waals surface area contributed by atoms with Crippen molar-refractivity contribution in [1.29, 1.82) is 0 Å². The predicted molar refractivity (Wildman–Crippen MR) is 110 cm³/mol. The normalized spacial score (nSPS) is 46.9. The zero-order chi connectivity index (χ0) is 20.2. The van der Waals surface area contributed by atoms with Crippen molar-refractivity contribution in [3.05, 3.63) is 12.2 Å². The molecule has 0 aliphatic heterocycles. The van der Waals surface area contributed by atoms with Crippen molar-refractivity contribution >= 4 is 11.5 Å². The minimum atomic E-state index is -0.918. The lowest BCUT2D eigenvalue weighted by Crippen LogP contribution is -2.63. The number of fused-ring (bicyclic) bond motifs is 5. The van der Waals surface area contributed by atoms with E-state index in [0.29, 0.717) is 43.1 Å². The van der Waals surface area contributed by atoms with Gasteiger partial charge in [0.1, 0.15) is 12.4 Å². The Hall–Kier alpha value is -1.20. The Morgan fingerprint density at radius 2 is 2.04 bits per heavy atom. The fraction of sp³-hybridized carbons (Fsp3) is 0.826. The van der Waals surface area contributed by atoms with Gasteiger partial charge in [-0.15, -0.1) is 0 Å². The molecule has 4 fully saturated rings. The van der Waals surface area contributed by atoms with Gasteiger partial charge in [0.15, 0.2) is 0 Å². The average Bonchev–Trinajstić information content (AvgIpc) is 2.96. The Morgan fingerprint density at radius 1 is 1.25 bits per heavy atom. The van der Waals surface area contributed by atoms with Gasteiger partial charge in [-0.05, 0) is 74.8 Å². The number of ketones is 1. The molecule has 6 atom stereocenters. The molecule has 0 bridgehead atoms. The maximum atomic E-state index is 12.6. The highest BCUT2D eigenvalue weighted by molar-refractivity contribution is 5.88. The van der Waals surface area contributed by atoms with Gasteiger partial charge in [-0.2, -0.15) is 0 Å². The summed E-state index contributed by atoms with van der Waals surface area (Å²) in [5, 5.41) is 16.2. The van der Waals surface area contributed by atoms with Gasteiger partial charge in [0.25, 0.3) is 0 Å². The molecule has 4 aliphatic rings. The fourth-order valence-electron chi connectivity index (χ4n) is 7.17. The van der Waals surface area contributed by atoms with Gasteiger partial charge < -0.3 is 15.7 Å². The first-order chi connectivity index (χ1) is 13.3. The quantitative estimate of drug-likeness (QED) is 0.438. The molecule has 0 aromatic heterocycles. The second-order valence-electron chi connectivity index (χ2n) is 10.2. The number of nitrogens with two attached hydrogens (primary N) is 1. The lowest BCUT2D eigenvalue weighted by Gasteiger charge is -2.63. The Labute approximate surface area is 168 Å². The van der Waals surface area contributed by atoms with E-state index in [1.165, 1.54) is 0 Å². The third kappa shape index (κ3) is 2.72. The van der Waals surface area contributed by atoms with Gasteiger partial charge in [-0.3, -0.25) is 4.79 Å². The van der Waals surface area contributed by atoms with Crippen LogP contribution in [0, 0.1) is 28.6 Å². The second-order valence-corrected chi connectivity index (χ2v) is 10.2. The molecule has 0 aromatic rings. The summed E-state index contributed by atoms with van der Waals surface area (Å²) >= 11 is 0. The van der Waals surface area contributed by atoms with Crippen LogP contribution in [-0.4, -0.2) is 35.4 Å². The molecule has 0 heterocycles. The smallest absolute Gasteiger partial charge is 0.139 e. The van der Waals surface area contributed by atoms with Crippen LogP contribution < -0.4 is 5.73 Å². The molecule has 4 saturated carbocycles. The molecule has 4 rings (SSSR count). The topological polar surface area (TPSA) is 84.9 Å². The summed E-state index contributed by atoms with van der Waals surface area (Å²) in [7, 11) is 0. The minimum absolute atomic E-state index is 0.147. The highest BCUT2D eigenvalue weighted by Gasteiger charge is 2.65. The van der Waals surface area contributed by atoms with Crippen molar-refractivity contribution in [1.82, 2.24) is 0 Å². The molecule has 0 unspecified atom stereocenters. The maximum absolute atomic E-state index is 12.6. The van der Waals surface area contributed by atoms with Crippen LogP contribution in [0.25, 0.3) is 0 Å². The molecule has 5 heteroatoms. The van der Waals surface area contributed by atoms with E-state index in [9.17, 15) is 9.90 Å². The molecule has 3 N–H and O–H groups in total. The standard InChI is InChI=1S/C23H36N2O3/c1-15-13-17-18-5-6-20(26)21(18,2)9-8-19(17)22(3)10-7-16(14-23(15,22)27)25-28-12-4-11-24/h17-19,27H,1,4-14,24H2,2-3H3/t17-,18-,19-,21-,22+,23-/m0/s1. The molecule has 0 amide bonds. The first kappa shape index (κ1) is 20.1. The number of Topliss-reactive ketones (excluding diaryl/α,β-unsaturated/α-hetero) is 1. The first-order valence-corrected chi connectivity index (χ1v) is 11.1. The van der Waals surface area contributed by atoms with Crippen LogP contribution >= 0.6 is 0 Å². The number of aliphatic hydroxyl groups is 1. The molecule has 0 spiro atoms. The number of carbonyl (C=O) groups is 1. The summed E-state index contributed by atoms with van der Waals surface area (Å²) in [5.74, 6) is 1.83. The summed E-state index contributed by atoms with van der Waals surface area (Å²) < 4.78 is 0. The number of hydrogen-bond acceptors (Lipinski definition) is 5. The average molecular weight is 389 g/mol. The van der Waals surface area contributed by atoms with Crippen LogP contribution in [-0.2, 0) is 9.63 Å². The molecule has 28 heavy (non-hydrogen) atoms. The lowest BCUT2D eigenvalue weighted by molar-refractivity contribution is -0.161.